The number of nitrogens with one attached hydrogen (secondary N) is 4. The van der Waals surface area contributed by atoms with Crippen LogP contribution in [0.25, 0.3) is 44.2 Å². The molecule has 8 atom stereocenters. The summed E-state index contributed by atoms with van der Waals surface area (Å²) in [5, 5.41) is 7.35. The van der Waals surface area contributed by atoms with Crippen molar-refractivity contribution < 1.29 is 33.0 Å². The minimum atomic E-state index is -0.961. The number of benzene rings is 4. The maximum atomic E-state index is 16.2. The normalized spacial score (nSPS) is 24.2. The first kappa shape index (κ1) is 41.3. The van der Waals surface area contributed by atoms with Crippen LogP contribution in [0.5, 0.6) is 0 Å². The van der Waals surface area contributed by atoms with Gasteiger partial charge in [-0.3, -0.25) is 9.59 Å². The minimum Gasteiger partial charge on any atom is -0.453 e. The quantitative estimate of drug-likeness (QED) is 0.106. The van der Waals surface area contributed by atoms with E-state index in [9.17, 15) is 19.2 Å². The summed E-state index contributed by atoms with van der Waals surface area (Å²) in [6.45, 7) is 5.82. The highest BCUT2D eigenvalue weighted by molar-refractivity contribution is 6.05. The van der Waals surface area contributed by atoms with Crippen LogP contribution in [0, 0.1) is 23.6 Å². The zero-order valence-electron chi connectivity index (χ0n) is 36.4. The third-order valence-corrected chi connectivity index (χ3v) is 14.3. The van der Waals surface area contributed by atoms with Gasteiger partial charge in [0.2, 0.25) is 5.91 Å². The molecule has 4 amide bonds. The molecular weight excluding hydrogens is 816 g/mol. The third-order valence-electron chi connectivity index (χ3n) is 14.3. The van der Waals surface area contributed by atoms with Crippen molar-refractivity contribution in [2.45, 2.75) is 88.6 Å². The lowest BCUT2D eigenvalue weighted by Crippen LogP contribution is -2.55. The monoisotopic (exact) mass is 866 g/mol. The van der Waals surface area contributed by atoms with Gasteiger partial charge >= 0.3 is 12.2 Å². The number of nitrogens with zero attached hydrogens (tertiary/aromatic N) is 4. The summed E-state index contributed by atoms with van der Waals surface area (Å²) in [7, 11) is 2.56. The Bertz CT molecular complexity index is 2830. The van der Waals surface area contributed by atoms with E-state index < -0.39 is 35.6 Å². The van der Waals surface area contributed by atoms with Crippen molar-refractivity contribution in [3.63, 3.8) is 0 Å². The topological polar surface area (TPSA) is 175 Å². The summed E-state index contributed by atoms with van der Waals surface area (Å²) in [4.78, 5) is 73.6. The minimum absolute atomic E-state index is 0.0365. The number of piperidine rings is 2. The van der Waals surface area contributed by atoms with Crippen LogP contribution in [-0.2, 0) is 24.6 Å². The van der Waals surface area contributed by atoms with E-state index in [1.807, 2.05) is 97.3 Å². The van der Waals surface area contributed by atoms with E-state index in [1.54, 1.807) is 12.3 Å². The molecule has 330 valence electrons. The zero-order chi connectivity index (χ0) is 44.6. The van der Waals surface area contributed by atoms with E-state index in [0.717, 1.165) is 59.5 Å². The molecule has 10 rings (SSSR count). The number of ether oxygens (including phenoxy) is 2. The van der Waals surface area contributed by atoms with Crippen molar-refractivity contribution in [1.82, 2.24) is 40.4 Å². The number of halogens is 1. The highest BCUT2D eigenvalue weighted by atomic mass is 19.1. The van der Waals surface area contributed by atoms with Gasteiger partial charge in [-0.2, -0.15) is 0 Å². The fraction of sp³-hybridized carbons (Fsp3) is 0.388. The Balaban J connectivity index is 0.901. The third kappa shape index (κ3) is 6.83. The molecule has 4 N–H and O–H groups in total. The molecule has 2 saturated heterocycles. The SMILES string of the molecule is COC(=O)N[C@H](C(=O)N1[C@@H]2C[C@@H]2C[C@H]1c1nc2c(ccc3cc(-c4ccc(-c5cnc([C@]6(C)[C@H]7CC[C@H](C7)N6C(=O)[C@H](NC(=O)OC)c6ccccc6)[nH]5)c(F)c4)ccc32)[nH]1)C(C)C. The molecule has 64 heavy (non-hydrogen) atoms. The smallest absolute Gasteiger partial charge is 0.407 e. The Hall–Kier alpha value is -6.77. The number of alkyl carbamates (subject to hydrolysis) is 2. The van der Waals surface area contributed by atoms with E-state index in [0.29, 0.717) is 40.0 Å². The molecule has 15 heteroatoms. The fourth-order valence-corrected chi connectivity index (χ4v) is 10.9. The average Bonchev–Trinajstić information content (AvgIpc) is 3.91. The first-order chi connectivity index (χ1) is 30.9. The number of hydrogen-bond acceptors (Lipinski definition) is 8. The number of carbonyl (C=O) groups is 4. The van der Waals surface area contributed by atoms with Gasteiger partial charge in [0.1, 0.15) is 35.1 Å². The molecule has 0 spiro atoms. The van der Waals surface area contributed by atoms with Gasteiger partial charge < -0.3 is 39.9 Å². The lowest BCUT2D eigenvalue weighted by atomic mass is 9.83. The first-order valence-electron chi connectivity index (χ1n) is 22.0. The number of hydrogen-bond donors (Lipinski definition) is 4. The Kier molecular flexibility index (Phi) is 10.2. The molecule has 2 aliphatic carbocycles. The molecule has 2 aromatic heterocycles. The van der Waals surface area contributed by atoms with Crippen LogP contribution in [0.1, 0.15) is 82.2 Å². The van der Waals surface area contributed by atoms with Crippen LogP contribution in [0.2, 0.25) is 0 Å². The van der Waals surface area contributed by atoms with Gasteiger partial charge in [0.05, 0.1) is 43.2 Å². The summed E-state index contributed by atoms with van der Waals surface area (Å²) < 4.78 is 26.0. The fourth-order valence-electron chi connectivity index (χ4n) is 10.9. The number of rotatable bonds is 10. The van der Waals surface area contributed by atoms with E-state index in [2.05, 4.69) is 20.6 Å². The Morgan fingerprint density at radius 3 is 2.36 bits per heavy atom. The summed E-state index contributed by atoms with van der Waals surface area (Å²) in [6, 6.07) is 22.4. The maximum absolute atomic E-state index is 16.2. The number of methoxy groups -OCH3 is 2. The number of likely N-dealkylation sites (tertiary alicyclic amines) is 2. The molecule has 4 heterocycles. The van der Waals surface area contributed by atoms with Gasteiger partial charge in [-0.05, 0) is 103 Å². The number of imidazole rings is 2. The highest BCUT2D eigenvalue weighted by Gasteiger charge is 2.59. The molecular formula is C49H51FN8O6. The largest absolute Gasteiger partial charge is 0.453 e. The predicted octanol–water partition coefficient (Wildman–Crippen LogP) is 8.28. The van der Waals surface area contributed by atoms with Crippen molar-refractivity contribution in [3.05, 3.63) is 108 Å². The molecule has 4 fully saturated rings. The molecule has 2 bridgehead atoms. The Labute approximate surface area is 369 Å². The second-order valence-electron chi connectivity index (χ2n) is 18.3. The predicted molar refractivity (Wildman–Crippen MR) is 237 cm³/mol. The van der Waals surface area contributed by atoms with Crippen molar-refractivity contribution >= 4 is 45.8 Å². The summed E-state index contributed by atoms with van der Waals surface area (Å²) in [5.74, 6) is 0.867. The van der Waals surface area contributed by atoms with Gasteiger partial charge in [-0.25, -0.2) is 23.9 Å². The van der Waals surface area contributed by atoms with Gasteiger partial charge in [0.15, 0.2) is 0 Å². The lowest BCUT2D eigenvalue weighted by Gasteiger charge is -2.44. The molecule has 2 saturated carbocycles. The van der Waals surface area contributed by atoms with Crippen molar-refractivity contribution in [2.24, 2.45) is 17.8 Å². The number of amides is 4. The highest BCUT2D eigenvalue weighted by Crippen LogP contribution is 2.55. The number of fused-ring (bicyclic) bond motifs is 6. The van der Waals surface area contributed by atoms with Crippen molar-refractivity contribution in [2.75, 3.05) is 14.2 Å². The molecule has 0 unspecified atom stereocenters. The number of H-pyrrole nitrogens is 2. The van der Waals surface area contributed by atoms with Gasteiger partial charge in [-0.1, -0.05) is 68.4 Å². The van der Waals surface area contributed by atoms with E-state index in [1.165, 1.54) is 20.3 Å². The summed E-state index contributed by atoms with van der Waals surface area (Å²) in [5.41, 5.74) is 3.85. The number of carbonyl (C=O) groups excluding carboxylic acids is 4. The van der Waals surface area contributed by atoms with E-state index in [-0.39, 0.29) is 41.8 Å². The molecule has 14 nitrogen and oxygen atoms in total. The summed E-state index contributed by atoms with van der Waals surface area (Å²) in [6.07, 6.45) is 4.59. The Morgan fingerprint density at radius 2 is 1.61 bits per heavy atom. The second kappa shape index (κ2) is 15.8. The molecule has 0 radical (unpaired) electrons. The molecule has 2 aliphatic heterocycles. The molecule has 4 aliphatic rings. The second-order valence-corrected chi connectivity index (χ2v) is 18.3. The standard InChI is InChI=1S/C49H51FN8O6/c1-25(2)40(55-47(61)63-4)44(59)57-38-21-30(38)22-39(57)43-52-36-18-13-29-19-27(11-16-33(29)42(36)54-43)28-12-17-34(35(50)20-28)37-24-51-46(53-37)49(3)31-14-15-32(23-31)58(49)45(60)41(56-48(62)64-5)26-9-7-6-8-10-26/h6-13,16-20,24-25,30-32,38-41H,14-15,21-23H2,1-5H3,(H,51,53)(H,52,54)(H,55,61)(H,56,62)/t30-,31+,32-,38-,39+,40+,41-,49+/m1/s1. The lowest BCUT2D eigenvalue weighted by molar-refractivity contribution is -0.143. The van der Waals surface area contributed by atoms with E-state index >= 15 is 4.39 Å². The van der Waals surface area contributed by atoms with Crippen molar-refractivity contribution in [3.8, 4) is 22.4 Å². The average molecular weight is 867 g/mol. The van der Waals surface area contributed by atoms with Crippen LogP contribution < -0.4 is 10.6 Å². The van der Waals surface area contributed by atoms with Crippen LogP contribution in [0.15, 0.2) is 85.1 Å². The van der Waals surface area contributed by atoms with Gasteiger partial charge in [0.25, 0.3) is 5.91 Å². The molecule has 6 aromatic rings. The van der Waals surface area contributed by atoms with Gasteiger partial charge in [-0.15, -0.1) is 0 Å². The Morgan fingerprint density at radius 1 is 0.859 bits per heavy atom. The molecule has 4 aromatic carbocycles. The number of aromatic amines is 2. The van der Waals surface area contributed by atoms with Gasteiger partial charge in [0, 0.05) is 23.0 Å². The summed E-state index contributed by atoms with van der Waals surface area (Å²) >= 11 is 0. The van der Waals surface area contributed by atoms with Crippen LogP contribution >= 0.6 is 0 Å². The first-order valence-corrected chi connectivity index (χ1v) is 22.0. The maximum Gasteiger partial charge on any atom is 0.407 e. The number of aromatic nitrogens is 4. The van der Waals surface area contributed by atoms with E-state index in [4.69, 9.17) is 19.4 Å². The zero-order valence-corrected chi connectivity index (χ0v) is 36.4. The van der Waals surface area contributed by atoms with Crippen LogP contribution in [0.3, 0.4) is 0 Å². The van der Waals surface area contributed by atoms with Crippen LogP contribution in [0.4, 0.5) is 14.0 Å². The van der Waals surface area contributed by atoms with Crippen molar-refractivity contribution in [1.29, 1.82) is 0 Å². The van der Waals surface area contributed by atoms with Crippen LogP contribution in [-0.4, -0.2) is 86.1 Å².